The standard InChI is InChI=1S/C14H19N3/c1-14(7-3-2-4-8-14)17-12-6-5-11(10-15)13(16)9-12/h5-6,9,17H,2-4,7-8,16H2,1H3. The quantitative estimate of drug-likeness (QED) is 0.765. The topological polar surface area (TPSA) is 61.8 Å². The normalized spacial score (nSPS) is 18.4. The number of rotatable bonds is 2. The second kappa shape index (κ2) is 4.67. The van der Waals surface area contributed by atoms with Crippen LogP contribution in [0.3, 0.4) is 0 Å². The van der Waals surface area contributed by atoms with Crippen molar-refractivity contribution in [2.75, 3.05) is 11.1 Å². The monoisotopic (exact) mass is 229 g/mol. The van der Waals surface area contributed by atoms with Gasteiger partial charge in [-0.2, -0.15) is 5.26 Å². The van der Waals surface area contributed by atoms with Gasteiger partial charge in [0.1, 0.15) is 6.07 Å². The molecular formula is C14H19N3. The van der Waals surface area contributed by atoms with Crippen molar-refractivity contribution in [3.63, 3.8) is 0 Å². The van der Waals surface area contributed by atoms with Gasteiger partial charge in [0.15, 0.2) is 0 Å². The van der Waals surface area contributed by atoms with Crippen LogP contribution in [-0.2, 0) is 0 Å². The van der Waals surface area contributed by atoms with Crippen molar-refractivity contribution >= 4 is 11.4 Å². The Labute approximate surface area is 103 Å². The van der Waals surface area contributed by atoms with Crippen LogP contribution in [0, 0.1) is 11.3 Å². The minimum atomic E-state index is 0.179. The minimum absolute atomic E-state index is 0.179. The molecule has 0 atom stereocenters. The average Bonchev–Trinajstić information content (AvgIpc) is 2.29. The molecule has 0 aliphatic heterocycles. The van der Waals surface area contributed by atoms with E-state index < -0.39 is 0 Å². The number of hydrogen-bond donors (Lipinski definition) is 2. The SMILES string of the molecule is CC1(Nc2ccc(C#N)c(N)c2)CCCCC1. The lowest BCUT2D eigenvalue weighted by molar-refractivity contribution is 0.349. The minimum Gasteiger partial charge on any atom is -0.398 e. The number of nitrogens with one attached hydrogen (secondary N) is 1. The van der Waals surface area contributed by atoms with Crippen LogP contribution in [0.2, 0.25) is 0 Å². The molecule has 17 heavy (non-hydrogen) atoms. The first kappa shape index (κ1) is 11.8. The smallest absolute Gasteiger partial charge is 0.101 e. The summed E-state index contributed by atoms with van der Waals surface area (Å²) in [5.74, 6) is 0. The van der Waals surface area contributed by atoms with E-state index in [1.807, 2.05) is 12.1 Å². The Morgan fingerprint density at radius 2 is 2.00 bits per heavy atom. The van der Waals surface area contributed by atoms with E-state index in [9.17, 15) is 0 Å². The summed E-state index contributed by atoms with van der Waals surface area (Å²) >= 11 is 0. The van der Waals surface area contributed by atoms with Gasteiger partial charge in [-0.25, -0.2) is 0 Å². The van der Waals surface area contributed by atoms with Crippen LogP contribution in [0.25, 0.3) is 0 Å². The van der Waals surface area contributed by atoms with Crippen LogP contribution >= 0.6 is 0 Å². The molecule has 90 valence electrons. The molecule has 1 aromatic rings. The van der Waals surface area contributed by atoms with E-state index in [1.54, 1.807) is 6.07 Å². The van der Waals surface area contributed by atoms with Gasteiger partial charge in [0, 0.05) is 11.2 Å². The molecule has 0 radical (unpaired) electrons. The van der Waals surface area contributed by atoms with Crippen molar-refractivity contribution in [1.29, 1.82) is 5.26 Å². The maximum atomic E-state index is 8.83. The molecule has 2 rings (SSSR count). The summed E-state index contributed by atoms with van der Waals surface area (Å²) in [4.78, 5) is 0. The number of nitrogen functional groups attached to an aromatic ring is 1. The molecule has 0 spiro atoms. The van der Waals surface area contributed by atoms with Crippen molar-refractivity contribution in [2.24, 2.45) is 0 Å². The fourth-order valence-electron chi connectivity index (χ4n) is 2.55. The maximum absolute atomic E-state index is 8.83. The fraction of sp³-hybridized carbons (Fsp3) is 0.500. The highest BCUT2D eigenvalue weighted by Crippen LogP contribution is 2.31. The van der Waals surface area contributed by atoms with E-state index in [2.05, 4.69) is 18.3 Å². The third-order valence-electron chi connectivity index (χ3n) is 3.58. The molecule has 3 nitrogen and oxygen atoms in total. The molecule has 1 aromatic carbocycles. The van der Waals surface area contributed by atoms with E-state index in [0.717, 1.165) is 5.69 Å². The van der Waals surface area contributed by atoms with Gasteiger partial charge in [0.05, 0.1) is 11.3 Å². The lowest BCUT2D eigenvalue weighted by atomic mass is 9.83. The summed E-state index contributed by atoms with van der Waals surface area (Å²) < 4.78 is 0. The van der Waals surface area contributed by atoms with Gasteiger partial charge in [0.2, 0.25) is 0 Å². The molecule has 0 aromatic heterocycles. The van der Waals surface area contributed by atoms with Crippen molar-refractivity contribution in [1.82, 2.24) is 0 Å². The number of anilines is 2. The second-order valence-corrected chi connectivity index (χ2v) is 5.16. The molecule has 1 fully saturated rings. The highest BCUT2D eigenvalue weighted by molar-refractivity contribution is 5.63. The van der Waals surface area contributed by atoms with E-state index in [-0.39, 0.29) is 5.54 Å². The van der Waals surface area contributed by atoms with Gasteiger partial charge in [-0.05, 0) is 38.0 Å². The first-order valence-electron chi connectivity index (χ1n) is 6.21. The summed E-state index contributed by atoms with van der Waals surface area (Å²) in [5, 5.41) is 12.4. The average molecular weight is 229 g/mol. The Morgan fingerprint density at radius 3 is 2.59 bits per heavy atom. The Kier molecular flexibility index (Phi) is 3.23. The van der Waals surface area contributed by atoms with Gasteiger partial charge in [-0.1, -0.05) is 19.3 Å². The summed E-state index contributed by atoms with van der Waals surface area (Å²) in [6, 6.07) is 7.66. The number of nitriles is 1. The van der Waals surface area contributed by atoms with E-state index in [1.165, 1.54) is 32.1 Å². The van der Waals surface area contributed by atoms with E-state index in [0.29, 0.717) is 11.3 Å². The number of hydrogen-bond acceptors (Lipinski definition) is 3. The van der Waals surface area contributed by atoms with Gasteiger partial charge in [-0.15, -0.1) is 0 Å². The number of nitrogens with zero attached hydrogens (tertiary/aromatic N) is 1. The predicted molar refractivity (Wildman–Crippen MR) is 70.7 cm³/mol. The van der Waals surface area contributed by atoms with Gasteiger partial charge in [-0.3, -0.25) is 0 Å². The summed E-state index contributed by atoms with van der Waals surface area (Å²) in [6.45, 7) is 2.26. The van der Waals surface area contributed by atoms with Crippen molar-refractivity contribution in [3.8, 4) is 6.07 Å². The molecular weight excluding hydrogens is 210 g/mol. The zero-order valence-corrected chi connectivity index (χ0v) is 10.3. The molecule has 0 amide bonds. The molecule has 1 aliphatic carbocycles. The molecule has 3 heteroatoms. The maximum Gasteiger partial charge on any atom is 0.101 e. The third-order valence-corrected chi connectivity index (χ3v) is 3.58. The molecule has 1 aliphatic rings. The zero-order chi connectivity index (χ0) is 12.3. The number of nitrogens with two attached hydrogens (primary N) is 1. The van der Waals surface area contributed by atoms with Gasteiger partial charge >= 0.3 is 0 Å². The Balaban J connectivity index is 2.13. The molecule has 0 bridgehead atoms. The summed E-state index contributed by atoms with van der Waals surface area (Å²) in [7, 11) is 0. The Bertz CT molecular complexity index is 439. The number of benzene rings is 1. The van der Waals surface area contributed by atoms with Gasteiger partial charge in [0.25, 0.3) is 0 Å². The molecule has 0 heterocycles. The van der Waals surface area contributed by atoms with Crippen LogP contribution in [0.5, 0.6) is 0 Å². The lowest BCUT2D eigenvalue weighted by Gasteiger charge is -2.35. The predicted octanol–water partition coefficient (Wildman–Crippen LogP) is 3.28. The second-order valence-electron chi connectivity index (χ2n) is 5.16. The first-order chi connectivity index (χ1) is 8.13. The van der Waals surface area contributed by atoms with Crippen molar-refractivity contribution in [2.45, 2.75) is 44.6 Å². The van der Waals surface area contributed by atoms with Crippen LogP contribution < -0.4 is 11.1 Å². The Morgan fingerprint density at radius 1 is 1.29 bits per heavy atom. The van der Waals surface area contributed by atoms with Crippen molar-refractivity contribution < 1.29 is 0 Å². The van der Waals surface area contributed by atoms with Crippen LogP contribution in [0.4, 0.5) is 11.4 Å². The lowest BCUT2D eigenvalue weighted by Crippen LogP contribution is -2.36. The highest BCUT2D eigenvalue weighted by Gasteiger charge is 2.26. The van der Waals surface area contributed by atoms with E-state index >= 15 is 0 Å². The molecule has 3 N–H and O–H groups in total. The molecule has 0 saturated heterocycles. The first-order valence-corrected chi connectivity index (χ1v) is 6.21. The fourth-order valence-corrected chi connectivity index (χ4v) is 2.55. The molecule has 0 unspecified atom stereocenters. The molecule has 1 saturated carbocycles. The largest absolute Gasteiger partial charge is 0.398 e. The van der Waals surface area contributed by atoms with Crippen molar-refractivity contribution in [3.05, 3.63) is 23.8 Å². The van der Waals surface area contributed by atoms with Crippen LogP contribution in [0.1, 0.15) is 44.6 Å². The highest BCUT2D eigenvalue weighted by atomic mass is 15.0. The van der Waals surface area contributed by atoms with Gasteiger partial charge < -0.3 is 11.1 Å². The van der Waals surface area contributed by atoms with Crippen LogP contribution in [-0.4, -0.2) is 5.54 Å². The third kappa shape index (κ3) is 2.71. The summed E-state index contributed by atoms with van der Waals surface area (Å²) in [5.41, 5.74) is 8.11. The van der Waals surface area contributed by atoms with Crippen LogP contribution in [0.15, 0.2) is 18.2 Å². The van der Waals surface area contributed by atoms with E-state index in [4.69, 9.17) is 11.0 Å². The zero-order valence-electron chi connectivity index (χ0n) is 10.3. The summed E-state index contributed by atoms with van der Waals surface area (Å²) in [6.07, 6.45) is 6.32. The Hall–Kier alpha value is -1.69.